The standard InChI is InChI=1S/C21H45N2O3PS/c1-12-20(24)28-21(10,11)15-25-13-14-26-27(22(16(2)3)17(4)5)23(18(6)7)19(8)9/h16-19H,12-15H2,1-11H3. The van der Waals surface area contributed by atoms with Gasteiger partial charge in [-0.05, 0) is 69.2 Å². The highest BCUT2D eigenvalue weighted by molar-refractivity contribution is 8.14. The van der Waals surface area contributed by atoms with Gasteiger partial charge in [0, 0.05) is 35.3 Å². The van der Waals surface area contributed by atoms with Gasteiger partial charge in [-0.15, -0.1) is 0 Å². The summed E-state index contributed by atoms with van der Waals surface area (Å²) in [6, 6.07) is 1.62. The van der Waals surface area contributed by atoms with E-state index in [1.165, 1.54) is 11.8 Å². The molecule has 0 amide bonds. The second-order valence-corrected chi connectivity index (χ2v) is 12.3. The highest BCUT2D eigenvalue weighted by Gasteiger charge is 2.34. The summed E-state index contributed by atoms with van der Waals surface area (Å²) in [6.07, 6.45) is 0.558. The first-order chi connectivity index (χ1) is 12.8. The lowest BCUT2D eigenvalue weighted by atomic mass is 10.2. The molecular weight excluding hydrogens is 391 g/mol. The molecule has 0 atom stereocenters. The Morgan fingerprint density at radius 3 is 1.68 bits per heavy atom. The van der Waals surface area contributed by atoms with E-state index in [1.54, 1.807) is 0 Å². The summed E-state index contributed by atoms with van der Waals surface area (Å²) < 4.78 is 17.1. The topological polar surface area (TPSA) is 42.0 Å². The van der Waals surface area contributed by atoms with Crippen molar-refractivity contribution in [1.82, 2.24) is 9.34 Å². The highest BCUT2D eigenvalue weighted by atomic mass is 32.2. The lowest BCUT2D eigenvalue weighted by Crippen LogP contribution is -2.43. The van der Waals surface area contributed by atoms with Gasteiger partial charge >= 0.3 is 0 Å². The van der Waals surface area contributed by atoms with Crippen LogP contribution in [0.1, 0.15) is 82.6 Å². The average Bonchev–Trinajstić information content (AvgIpc) is 2.52. The third kappa shape index (κ3) is 10.4. The van der Waals surface area contributed by atoms with E-state index in [-0.39, 0.29) is 9.86 Å². The molecule has 0 aliphatic heterocycles. The Labute approximate surface area is 180 Å². The summed E-state index contributed by atoms with van der Waals surface area (Å²) in [7, 11) is -0.879. The van der Waals surface area contributed by atoms with Gasteiger partial charge in [-0.25, -0.2) is 9.34 Å². The van der Waals surface area contributed by atoms with Crippen LogP contribution in [-0.2, 0) is 14.1 Å². The van der Waals surface area contributed by atoms with Crippen LogP contribution in [0.3, 0.4) is 0 Å². The number of hydrogen-bond donors (Lipinski definition) is 0. The molecule has 0 saturated heterocycles. The smallest absolute Gasteiger partial charge is 0.189 e. The molecule has 0 fully saturated rings. The van der Waals surface area contributed by atoms with Crippen molar-refractivity contribution >= 4 is 25.3 Å². The zero-order valence-electron chi connectivity index (χ0n) is 20.1. The normalized spacial score (nSPS) is 13.4. The fourth-order valence-corrected chi connectivity index (χ4v) is 6.37. The molecule has 0 saturated carbocycles. The van der Waals surface area contributed by atoms with Crippen molar-refractivity contribution < 1.29 is 14.1 Å². The molecule has 0 radical (unpaired) electrons. The first kappa shape index (κ1) is 28.3. The van der Waals surface area contributed by atoms with Gasteiger partial charge in [0.2, 0.25) is 0 Å². The van der Waals surface area contributed by atoms with E-state index >= 15 is 0 Å². The highest BCUT2D eigenvalue weighted by Crippen LogP contribution is 2.50. The van der Waals surface area contributed by atoms with Gasteiger partial charge in [0.05, 0.1) is 19.8 Å². The molecule has 5 nitrogen and oxygen atoms in total. The molecule has 0 bridgehead atoms. The fraction of sp³-hybridized carbons (Fsp3) is 0.952. The molecule has 0 spiro atoms. The second kappa shape index (κ2) is 13.6. The number of carbonyl (C=O) groups excluding carboxylic acids is 1. The quantitative estimate of drug-likeness (QED) is 0.248. The Hall–Kier alpha value is 0.290. The zero-order chi connectivity index (χ0) is 22.1. The maximum atomic E-state index is 11.7. The lowest BCUT2D eigenvalue weighted by Gasteiger charge is -2.45. The molecule has 0 aromatic carbocycles. The molecule has 7 heteroatoms. The van der Waals surface area contributed by atoms with E-state index in [1.807, 2.05) is 6.92 Å². The van der Waals surface area contributed by atoms with E-state index in [2.05, 4.69) is 78.6 Å². The maximum absolute atomic E-state index is 11.7. The van der Waals surface area contributed by atoms with Crippen molar-refractivity contribution in [3.63, 3.8) is 0 Å². The number of thioether (sulfide) groups is 1. The van der Waals surface area contributed by atoms with Crippen LogP contribution in [0, 0.1) is 0 Å². The minimum atomic E-state index is -0.879. The Balaban J connectivity index is 4.92. The van der Waals surface area contributed by atoms with Gasteiger partial charge < -0.3 is 9.26 Å². The molecule has 0 heterocycles. The van der Waals surface area contributed by atoms with Gasteiger partial charge in [-0.1, -0.05) is 18.7 Å². The van der Waals surface area contributed by atoms with Crippen LogP contribution in [0.15, 0.2) is 0 Å². The first-order valence-corrected chi connectivity index (χ1v) is 12.6. The largest absolute Gasteiger partial charge is 0.378 e. The van der Waals surface area contributed by atoms with E-state index < -0.39 is 8.45 Å². The molecule has 0 aliphatic carbocycles. The van der Waals surface area contributed by atoms with Crippen LogP contribution >= 0.6 is 20.2 Å². The van der Waals surface area contributed by atoms with Crippen LogP contribution in [0.25, 0.3) is 0 Å². The van der Waals surface area contributed by atoms with Crippen LogP contribution in [0.4, 0.5) is 0 Å². The van der Waals surface area contributed by atoms with Crippen LogP contribution in [0.2, 0.25) is 0 Å². The van der Waals surface area contributed by atoms with Crippen molar-refractivity contribution in [2.45, 2.75) is 111 Å². The van der Waals surface area contributed by atoms with Crippen molar-refractivity contribution in [2.75, 3.05) is 19.8 Å². The predicted octanol–water partition coefficient (Wildman–Crippen LogP) is 5.93. The third-order valence-electron chi connectivity index (χ3n) is 4.07. The molecule has 168 valence electrons. The van der Waals surface area contributed by atoms with Crippen LogP contribution in [0.5, 0.6) is 0 Å². The number of carbonyl (C=O) groups is 1. The molecule has 0 N–H and O–H groups in total. The summed E-state index contributed by atoms with van der Waals surface area (Å²) in [6.45, 7) is 25.5. The third-order valence-corrected chi connectivity index (χ3v) is 8.31. The molecule has 0 rings (SSSR count). The van der Waals surface area contributed by atoms with Gasteiger partial charge in [0.1, 0.15) is 0 Å². The summed E-state index contributed by atoms with van der Waals surface area (Å²) >= 11 is 1.37. The minimum Gasteiger partial charge on any atom is -0.378 e. The minimum absolute atomic E-state index is 0.207. The molecule has 28 heavy (non-hydrogen) atoms. The van der Waals surface area contributed by atoms with Crippen molar-refractivity contribution in [1.29, 1.82) is 0 Å². The number of hydrogen-bond acceptors (Lipinski definition) is 6. The van der Waals surface area contributed by atoms with Crippen LogP contribution in [-0.4, -0.2) is 63.2 Å². The molecule has 0 aromatic rings. The monoisotopic (exact) mass is 436 g/mol. The van der Waals surface area contributed by atoms with Crippen molar-refractivity contribution in [3.8, 4) is 0 Å². The Bertz CT molecular complexity index is 409. The Morgan fingerprint density at radius 1 is 0.893 bits per heavy atom. The summed E-state index contributed by atoms with van der Waals surface area (Å²) in [5, 5.41) is 0.211. The molecule has 0 unspecified atom stereocenters. The number of nitrogens with zero attached hydrogens (tertiary/aromatic N) is 2. The van der Waals surface area contributed by atoms with Gasteiger partial charge in [0.25, 0.3) is 0 Å². The molecule has 0 aromatic heterocycles. The predicted molar refractivity (Wildman–Crippen MR) is 125 cm³/mol. The van der Waals surface area contributed by atoms with E-state index in [0.717, 1.165) is 0 Å². The van der Waals surface area contributed by atoms with Gasteiger partial charge in [-0.3, -0.25) is 4.79 Å². The fourth-order valence-electron chi connectivity index (χ4n) is 3.14. The zero-order valence-corrected chi connectivity index (χ0v) is 21.8. The Morgan fingerprint density at radius 2 is 1.32 bits per heavy atom. The van der Waals surface area contributed by atoms with Gasteiger partial charge in [0.15, 0.2) is 13.6 Å². The maximum Gasteiger partial charge on any atom is 0.189 e. The van der Waals surface area contributed by atoms with Gasteiger partial charge in [-0.2, -0.15) is 0 Å². The van der Waals surface area contributed by atoms with E-state index in [0.29, 0.717) is 50.4 Å². The SMILES string of the molecule is CCC(=O)SC(C)(C)COCCOP(N(C(C)C)C(C)C)N(C(C)C)C(C)C. The van der Waals surface area contributed by atoms with Crippen molar-refractivity contribution in [2.24, 2.45) is 0 Å². The van der Waals surface area contributed by atoms with E-state index in [9.17, 15) is 4.79 Å². The Kier molecular flexibility index (Phi) is 13.7. The number of ether oxygens (including phenoxy) is 1. The molecule has 0 aliphatic rings. The lowest BCUT2D eigenvalue weighted by molar-refractivity contribution is -0.110. The summed E-state index contributed by atoms with van der Waals surface area (Å²) in [5.74, 6) is 0. The molecular formula is C21H45N2O3PS. The first-order valence-electron chi connectivity index (χ1n) is 10.6. The second-order valence-electron chi connectivity index (χ2n) is 8.86. The van der Waals surface area contributed by atoms with Crippen molar-refractivity contribution in [3.05, 3.63) is 0 Å². The summed E-state index contributed by atoms with van der Waals surface area (Å²) in [4.78, 5) is 11.7. The average molecular weight is 437 g/mol. The number of rotatable bonds is 14. The van der Waals surface area contributed by atoms with E-state index in [4.69, 9.17) is 9.26 Å². The van der Waals surface area contributed by atoms with Crippen LogP contribution < -0.4 is 0 Å². The summed E-state index contributed by atoms with van der Waals surface area (Å²) in [5.41, 5.74) is 0.